The van der Waals surface area contributed by atoms with Crippen LogP contribution in [0.3, 0.4) is 0 Å². The van der Waals surface area contributed by atoms with Crippen LogP contribution in [0, 0.1) is 19.4 Å². The van der Waals surface area contributed by atoms with Gasteiger partial charge in [0.1, 0.15) is 34.0 Å². The van der Waals surface area contributed by atoms with Gasteiger partial charge in [-0.05, 0) is 61.4 Å². The molecule has 214 valence electrons. The van der Waals surface area contributed by atoms with Gasteiger partial charge in [0.25, 0.3) is 0 Å². The summed E-state index contributed by atoms with van der Waals surface area (Å²) in [5, 5.41) is 53.2. The zero-order valence-corrected chi connectivity index (χ0v) is 22.3. The minimum atomic E-state index is -1.33. The summed E-state index contributed by atoms with van der Waals surface area (Å²) in [6, 6.07) is 8.13. The van der Waals surface area contributed by atoms with Crippen LogP contribution in [0.2, 0.25) is 0 Å². The lowest BCUT2D eigenvalue weighted by atomic mass is 10.1. The number of methoxy groups -OCH3 is 1. The van der Waals surface area contributed by atoms with Crippen LogP contribution in [0.15, 0.2) is 53.9 Å². The molecule has 0 aliphatic carbocycles. The normalized spacial score (nSPS) is 11.2. The summed E-state index contributed by atoms with van der Waals surface area (Å²) in [5.41, 5.74) is 8.54. The predicted molar refractivity (Wildman–Crippen MR) is 146 cm³/mol. The van der Waals surface area contributed by atoms with E-state index in [-0.39, 0.29) is 56.7 Å². The number of aromatic nitrogens is 4. The zero-order chi connectivity index (χ0) is 30.7. The number of hydrogen-bond donors (Lipinski definition) is 6. The van der Waals surface area contributed by atoms with Crippen LogP contribution in [-0.2, 0) is 4.74 Å². The van der Waals surface area contributed by atoms with Crippen molar-refractivity contribution in [2.24, 2.45) is 5.11 Å². The number of hydrogen-bond acceptors (Lipinski definition) is 12. The molecule has 4 rings (SSSR count). The van der Waals surface area contributed by atoms with E-state index in [1.54, 1.807) is 0 Å². The Balaban J connectivity index is 1.76. The SMILES string of the molecule is COC(=O)c1cc(/C(=C/Nc2cc(C)c(O)c(C(=O)O)c2)N=N)nc(-c2cn(-c3cc(C)c(O)c(C(=O)O)c3)nn2)c1. The molecule has 15 heteroatoms. The monoisotopic (exact) mass is 573 g/mol. The van der Waals surface area contributed by atoms with Gasteiger partial charge in [0, 0.05) is 11.9 Å². The second-order valence-electron chi connectivity index (χ2n) is 8.91. The summed E-state index contributed by atoms with van der Waals surface area (Å²) in [4.78, 5) is 39.9. The number of ether oxygens (including phenoxy) is 1. The molecule has 0 unspecified atom stereocenters. The van der Waals surface area contributed by atoms with Gasteiger partial charge in [0.05, 0.1) is 35.9 Å². The number of aryl methyl sites for hydroxylation is 2. The summed E-state index contributed by atoms with van der Waals surface area (Å²) in [6.07, 6.45) is 2.69. The van der Waals surface area contributed by atoms with Gasteiger partial charge in [-0.25, -0.2) is 29.6 Å². The van der Waals surface area contributed by atoms with Crippen LogP contribution in [-0.4, -0.2) is 65.4 Å². The Bertz CT molecular complexity index is 1800. The molecule has 0 fully saturated rings. The number of rotatable bonds is 9. The number of esters is 1. The van der Waals surface area contributed by atoms with E-state index in [9.17, 15) is 34.8 Å². The summed E-state index contributed by atoms with van der Waals surface area (Å²) < 4.78 is 6.10. The standard InChI is InChI=1S/C27H23N7O8/c1-12-4-15(8-17(23(12)35)25(37)38)29-10-21(31-28)19-6-14(27(41)42-3)7-20(30-19)22-11-34(33-32-22)16-5-13(2)24(36)18(9-16)26(39)40/h4-11,28-29,35-36H,1-3H3,(H,37,38)(H,39,40)/b21-10-,31-28?. The van der Waals surface area contributed by atoms with Crippen molar-refractivity contribution in [1.82, 2.24) is 20.0 Å². The van der Waals surface area contributed by atoms with Crippen molar-refractivity contribution < 1.29 is 39.5 Å². The molecular weight excluding hydrogens is 550 g/mol. The Hall–Kier alpha value is -6.12. The zero-order valence-electron chi connectivity index (χ0n) is 22.3. The molecule has 6 N–H and O–H groups in total. The molecule has 0 atom stereocenters. The highest BCUT2D eigenvalue weighted by Gasteiger charge is 2.19. The first-order valence-corrected chi connectivity index (χ1v) is 11.9. The number of pyridine rings is 1. The average Bonchev–Trinajstić information content (AvgIpc) is 3.46. The predicted octanol–water partition coefficient (Wildman–Crippen LogP) is 3.98. The number of aromatic hydroxyl groups is 2. The van der Waals surface area contributed by atoms with Gasteiger partial charge in [-0.3, -0.25) is 0 Å². The first kappa shape index (κ1) is 28.9. The lowest BCUT2D eigenvalue weighted by Crippen LogP contribution is -2.05. The maximum absolute atomic E-state index is 12.4. The van der Waals surface area contributed by atoms with Gasteiger partial charge < -0.3 is 30.5 Å². The number of phenols is 2. The Morgan fingerprint density at radius 2 is 1.60 bits per heavy atom. The van der Waals surface area contributed by atoms with Crippen LogP contribution in [0.4, 0.5) is 5.69 Å². The molecule has 0 saturated heterocycles. The highest BCUT2D eigenvalue weighted by Crippen LogP contribution is 2.29. The second kappa shape index (κ2) is 11.5. The second-order valence-corrected chi connectivity index (χ2v) is 8.91. The Labute approximate surface area is 236 Å². The molecule has 42 heavy (non-hydrogen) atoms. The molecule has 0 amide bonds. The van der Waals surface area contributed by atoms with Crippen molar-refractivity contribution in [3.05, 3.63) is 82.3 Å². The van der Waals surface area contributed by atoms with Crippen molar-refractivity contribution in [3.63, 3.8) is 0 Å². The average molecular weight is 574 g/mol. The van der Waals surface area contributed by atoms with E-state index in [0.29, 0.717) is 16.8 Å². The third-order valence-electron chi connectivity index (χ3n) is 6.07. The number of carboxylic acid groups (broad SMARTS) is 2. The first-order chi connectivity index (χ1) is 19.9. The molecule has 0 aliphatic heterocycles. The fraction of sp³-hybridized carbons (Fsp3) is 0.111. The van der Waals surface area contributed by atoms with Crippen LogP contribution in [0.25, 0.3) is 22.8 Å². The molecule has 0 saturated carbocycles. The summed E-state index contributed by atoms with van der Waals surface area (Å²) >= 11 is 0. The van der Waals surface area contributed by atoms with Crippen molar-refractivity contribution in [1.29, 1.82) is 5.53 Å². The molecule has 0 radical (unpaired) electrons. The van der Waals surface area contributed by atoms with E-state index in [2.05, 4.69) is 25.7 Å². The summed E-state index contributed by atoms with van der Waals surface area (Å²) in [5.74, 6) is -4.14. The molecule has 2 aromatic carbocycles. The molecular formula is C27H23N7O8. The Kier molecular flexibility index (Phi) is 7.94. The third kappa shape index (κ3) is 5.74. The number of carboxylic acids is 2. The summed E-state index contributed by atoms with van der Waals surface area (Å²) in [6.45, 7) is 3.06. The minimum Gasteiger partial charge on any atom is -0.507 e. The number of nitrogens with zero attached hydrogens (tertiary/aromatic N) is 5. The first-order valence-electron chi connectivity index (χ1n) is 11.9. The van der Waals surface area contributed by atoms with Crippen molar-refractivity contribution in [2.75, 3.05) is 12.4 Å². The van der Waals surface area contributed by atoms with Crippen LogP contribution in [0.1, 0.15) is 47.9 Å². The van der Waals surface area contributed by atoms with Crippen LogP contribution >= 0.6 is 0 Å². The molecule has 2 aromatic heterocycles. The Morgan fingerprint density at radius 3 is 2.21 bits per heavy atom. The van der Waals surface area contributed by atoms with Crippen molar-refractivity contribution in [3.8, 4) is 28.6 Å². The van der Waals surface area contributed by atoms with Gasteiger partial charge >= 0.3 is 17.9 Å². The number of nitrogens with one attached hydrogen (secondary N) is 2. The number of carbonyl (C=O) groups excluding carboxylic acids is 1. The Morgan fingerprint density at radius 1 is 0.952 bits per heavy atom. The van der Waals surface area contributed by atoms with E-state index in [1.807, 2.05) is 0 Å². The lowest BCUT2D eigenvalue weighted by molar-refractivity contribution is 0.0598. The molecule has 0 bridgehead atoms. The third-order valence-corrected chi connectivity index (χ3v) is 6.07. The largest absolute Gasteiger partial charge is 0.507 e. The maximum atomic E-state index is 12.4. The summed E-state index contributed by atoms with van der Waals surface area (Å²) in [7, 11) is 1.19. The highest BCUT2D eigenvalue weighted by atomic mass is 16.5. The number of carbonyl (C=O) groups is 3. The minimum absolute atomic E-state index is 0.0453. The number of benzene rings is 2. The smallest absolute Gasteiger partial charge is 0.339 e. The van der Waals surface area contributed by atoms with Crippen molar-refractivity contribution in [2.45, 2.75) is 13.8 Å². The molecule has 0 aliphatic rings. The van der Waals surface area contributed by atoms with Gasteiger partial charge in [-0.1, -0.05) is 5.21 Å². The van der Waals surface area contributed by atoms with Gasteiger partial charge in [-0.2, -0.15) is 5.11 Å². The highest BCUT2D eigenvalue weighted by molar-refractivity contribution is 5.93. The van der Waals surface area contributed by atoms with Crippen molar-refractivity contribution >= 4 is 29.3 Å². The van der Waals surface area contributed by atoms with Crippen LogP contribution in [0.5, 0.6) is 11.5 Å². The fourth-order valence-corrected chi connectivity index (χ4v) is 3.93. The van der Waals surface area contributed by atoms with Gasteiger partial charge in [0.15, 0.2) is 0 Å². The topological polar surface area (TPSA) is 233 Å². The van der Waals surface area contributed by atoms with E-state index in [0.717, 1.165) is 0 Å². The number of aromatic carboxylic acids is 2. The van der Waals surface area contributed by atoms with Crippen LogP contribution < -0.4 is 5.32 Å². The van der Waals surface area contributed by atoms with E-state index in [4.69, 9.17) is 10.3 Å². The van der Waals surface area contributed by atoms with E-state index in [1.165, 1.54) is 74.4 Å². The quantitative estimate of drug-likeness (QED) is 0.0947. The molecule has 2 heterocycles. The lowest BCUT2D eigenvalue weighted by Gasteiger charge is -2.10. The van der Waals surface area contributed by atoms with E-state index < -0.39 is 17.9 Å². The number of anilines is 1. The molecule has 4 aromatic rings. The van der Waals surface area contributed by atoms with Gasteiger partial charge in [-0.15, -0.1) is 5.10 Å². The maximum Gasteiger partial charge on any atom is 0.339 e. The van der Waals surface area contributed by atoms with E-state index >= 15 is 0 Å². The molecule has 0 spiro atoms. The van der Waals surface area contributed by atoms with Gasteiger partial charge in [0.2, 0.25) is 0 Å². The fourth-order valence-electron chi connectivity index (χ4n) is 3.93. The molecule has 15 nitrogen and oxygen atoms in total.